The van der Waals surface area contributed by atoms with E-state index in [1.54, 1.807) is 30.3 Å². The maximum Gasteiger partial charge on any atom is 0.510 e. The summed E-state index contributed by atoms with van der Waals surface area (Å²) < 4.78 is 64.5. The maximum absolute atomic E-state index is 14.5. The molecule has 0 spiro atoms. The van der Waals surface area contributed by atoms with Crippen LogP contribution in [-0.2, 0) is 43.7 Å². The number of aromatic nitrogens is 2. The number of carbonyl (C=O) groups excluding carboxylic acids is 1. The highest BCUT2D eigenvalue weighted by molar-refractivity contribution is 7.48. The van der Waals surface area contributed by atoms with Crippen molar-refractivity contribution in [3.8, 4) is 0 Å². The number of aromatic amines is 1. The van der Waals surface area contributed by atoms with E-state index >= 15 is 0 Å². The first kappa shape index (κ1) is 30.0. The lowest BCUT2D eigenvalue weighted by Crippen LogP contribution is -2.53. The molecule has 1 aromatic heterocycles. The van der Waals surface area contributed by atoms with E-state index in [1.165, 1.54) is 0 Å². The van der Waals surface area contributed by atoms with Crippen LogP contribution < -0.4 is 11.2 Å². The first-order valence-corrected chi connectivity index (χ1v) is 13.4. The van der Waals surface area contributed by atoms with E-state index in [1.807, 2.05) is 4.98 Å². The molecule has 2 aromatic rings. The Morgan fingerprint density at radius 1 is 1.20 bits per heavy atom. The van der Waals surface area contributed by atoms with E-state index in [9.17, 15) is 33.6 Å². The number of carbonyl (C=O) groups is 1. The molecule has 4 rings (SSSR count). The van der Waals surface area contributed by atoms with Crippen LogP contribution >= 0.6 is 7.82 Å². The Morgan fingerprint density at radius 3 is 2.55 bits per heavy atom. The lowest BCUT2D eigenvalue weighted by Gasteiger charge is -2.31. The van der Waals surface area contributed by atoms with E-state index in [4.69, 9.17) is 32.5 Å². The van der Waals surface area contributed by atoms with Gasteiger partial charge < -0.3 is 29.2 Å². The number of hydrogen-bond donors (Lipinski definition) is 3. The predicted octanol–water partition coefficient (Wildman–Crippen LogP) is 0.753. The number of phosphoric ester groups is 1. The molecule has 3 N–H and O–H groups in total. The molecule has 1 aromatic carbocycles. The van der Waals surface area contributed by atoms with Gasteiger partial charge in [0.15, 0.2) is 17.9 Å². The fraction of sp³-hybridized carbons (Fsp3) is 0.522. The van der Waals surface area contributed by atoms with Crippen LogP contribution in [0.2, 0.25) is 0 Å². The summed E-state index contributed by atoms with van der Waals surface area (Å²) in [6.45, 7) is -2.28. The van der Waals surface area contributed by atoms with Gasteiger partial charge in [-0.25, -0.2) is 23.1 Å². The first-order valence-electron chi connectivity index (χ1n) is 11.9. The predicted molar refractivity (Wildman–Crippen MR) is 130 cm³/mol. The van der Waals surface area contributed by atoms with Crippen molar-refractivity contribution in [2.45, 2.75) is 43.2 Å². The van der Waals surface area contributed by atoms with E-state index in [0.29, 0.717) is 5.56 Å². The SMILES string of the molecule is C[C@@]1(O)[C@H](O)[C@@](CF)(COP(=O)(OCOC(=O)OC2COC2)OCc2ccccc2)O[C@H]1n1ccc(=O)[nH]c1=O. The molecule has 0 radical (unpaired) electrons. The van der Waals surface area contributed by atoms with Crippen molar-refractivity contribution in [1.29, 1.82) is 0 Å². The number of nitrogens with one attached hydrogen (secondary N) is 1. The van der Waals surface area contributed by atoms with Crippen molar-refractivity contribution >= 4 is 14.0 Å². The number of H-pyrrole nitrogens is 1. The molecule has 2 aliphatic heterocycles. The lowest BCUT2D eigenvalue weighted by molar-refractivity contribution is -0.141. The van der Waals surface area contributed by atoms with E-state index < -0.39 is 74.9 Å². The van der Waals surface area contributed by atoms with Crippen LogP contribution in [0, 0.1) is 0 Å². The number of benzene rings is 1. The minimum Gasteiger partial charge on any atom is -0.426 e. The molecule has 5 atom stereocenters. The Labute approximate surface area is 225 Å². The molecule has 15 nitrogen and oxygen atoms in total. The van der Waals surface area contributed by atoms with Crippen molar-refractivity contribution < 1.29 is 56.5 Å². The smallest absolute Gasteiger partial charge is 0.426 e. The topological polar surface area (TPSA) is 194 Å². The molecule has 17 heteroatoms. The monoisotopic (exact) mass is 590 g/mol. The number of alkyl halides is 1. The molecule has 3 heterocycles. The molecule has 220 valence electrons. The number of aliphatic hydroxyl groups excluding tert-OH is 1. The summed E-state index contributed by atoms with van der Waals surface area (Å²) in [6.07, 6.45) is -4.36. The average Bonchev–Trinajstić information content (AvgIpc) is 3.10. The number of phosphoric acid groups is 1. The van der Waals surface area contributed by atoms with Crippen LogP contribution in [0.15, 0.2) is 52.2 Å². The molecule has 2 fully saturated rings. The van der Waals surface area contributed by atoms with Crippen molar-refractivity contribution in [3.05, 3.63) is 69.0 Å². The normalized spacial score (nSPS) is 28.0. The molecule has 0 bridgehead atoms. The van der Waals surface area contributed by atoms with Gasteiger partial charge in [-0.05, 0) is 12.5 Å². The summed E-state index contributed by atoms with van der Waals surface area (Å²) in [6, 6.07) is 9.38. The van der Waals surface area contributed by atoms with Gasteiger partial charge in [-0.1, -0.05) is 30.3 Å². The summed E-state index contributed by atoms with van der Waals surface area (Å²) in [5.41, 5.74) is -5.84. The highest BCUT2D eigenvalue weighted by Crippen LogP contribution is 2.53. The van der Waals surface area contributed by atoms with Gasteiger partial charge in [-0.15, -0.1) is 0 Å². The van der Waals surface area contributed by atoms with Crippen molar-refractivity contribution in [3.63, 3.8) is 0 Å². The van der Waals surface area contributed by atoms with E-state index in [2.05, 4.69) is 0 Å². The zero-order valence-electron chi connectivity index (χ0n) is 21.2. The van der Waals surface area contributed by atoms with Crippen LogP contribution in [0.5, 0.6) is 0 Å². The Morgan fingerprint density at radius 2 is 1.93 bits per heavy atom. The Balaban J connectivity index is 1.49. The highest BCUT2D eigenvalue weighted by atomic mass is 31.2. The number of rotatable bonds is 12. The van der Waals surface area contributed by atoms with E-state index in [0.717, 1.165) is 23.8 Å². The molecule has 0 aliphatic carbocycles. The number of ether oxygens (including phenoxy) is 4. The molecule has 0 saturated carbocycles. The van der Waals surface area contributed by atoms with Crippen LogP contribution in [0.25, 0.3) is 0 Å². The van der Waals surface area contributed by atoms with Gasteiger partial charge in [0.25, 0.3) is 5.56 Å². The average molecular weight is 590 g/mol. The minimum atomic E-state index is -4.67. The van der Waals surface area contributed by atoms with Crippen LogP contribution in [-0.4, -0.2) is 82.6 Å². The number of aliphatic hydroxyl groups is 2. The van der Waals surface area contributed by atoms with E-state index in [-0.39, 0.29) is 19.8 Å². The van der Waals surface area contributed by atoms with Gasteiger partial charge in [0, 0.05) is 12.3 Å². The minimum absolute atomic E-state index is 0.196. The summed E-state index contributed by atoms with van der Waals surface area (Å²) in [5.74, 6) is 0. The molecule has 2 saturated heterocycles. The van der Waals surface area contributed by atoms with Crippen LogP contribution in [0.1, 0.15) is 18.7 Å². The summed E-state index contributed by atoms with van der Waals surface area (Å²) in [7, 11) is -4.67. The zero-order chi connectivity index (χ0) is 29.0. The van der Waals surface area contributed by atoms with Crippen molar-refractivity contribution in [1.82, 2.24) is 9.55 Å². The van der Waals surface area contributed by atoms with Crippen molar-refractivity contribution in [2.24, 2.45) is 0 Å². The fourth-order valence-corrected chi connectivity index (χ4v) is 4.99. The second kappa shape index (κ2) is 12.3. The number of halogens is 1. The van der Waals surface area contributed by atoms with Crippen LogP contribution in [0.3, 0.4) is 0 Å². The maximum atomic E-state index is 14.5. The van der Waals surface area contributed by atoms with Crippen molar-refractivity contribution in [2.75, 3.05) is 33.3 Å². The Kier molecular flexibility index (Phi) is 9.22. The number of nitrogens with zero attached hydrogens (tertiary/aromatic N) is 1. The standard InChI is InChI=1S/C23H28FN2O13P/c1-22(31)18(28)23(12-24,39-19(22)26-8-7-17(27)25-20(26)29)13-36-40(32,35-9-15-5-3-2-4-6-15)37-14-34-21(30)38-16-10-33-11-16/h2-8,16,18-19,28,31H,9-14H2,1H3,(H,25,27,29)/t18-,19+,22+,23+,40?/m0/s1. The van der Waals surface area contributed by atoms with Gasteiger partial charge >= 0.3 is 19.7 Å². The second-order valence-electron chi connectivity index (χ2n) is 9.21. The van der Waals surface area contributed by atoms with Gasteiger partial charge in [0.05, 0.1) is 26.4 Å². The second-order valence-corrected chi connectivity index (χ2v) is 10.9. The molecule has 2 aliphatic rings. The molecular weight excluding hydrogens is 562 g/mol. The van der Waals surface area contributed by atoms with Gasteiger partial charge in [-0.2, -0.15) is 0 Å². The third-order valence-corrected chi connectivity index (χ3v) is 7.50. The quantitative estimate of drug-likeness (QED) is 0.178. The van der Waals surface area contributed by atoms with Gasteiger partial charge in [-0.3, -0.25) is 23.4 Å². The Hall–Kier alpha value is -2.95. The Bertz CT molecular complexity index is 1330. The molecule has 0 amide bonds. The summed E-state index contributed by atoms with van der Waals surface area (Å²) in [4.78, 5) is 37.5. The lowest BCUT2D eigenvalue weighted by atomic mass is 9.88. The largest absolute Gasteiger partial charge is 0.510 e. The third kappa shape index (κ3) is 6.67. The van der Waals surface area contributed by atoms with Gasteiger partial charge in [0.1, 0.15) is 18.4 Å². The fourth-order valence-electron chi connectivity index (χ4n) is 3.90. The number of hydrogen-bond acceptors (Lipinski definition) is 13. The summed E-state index contributed by atoms with van der Waals surface area (Å²) >= 11 is 0. The summed E-state index contributed by atoms with van der Waals surface area (Å²) in [5, 5.41) is 21.8. The third-order valence-electron chi connectivity index (χ3n) is 6.19. The molecule has 1 unspecified atom stereocenters. The van der Waals surface area contributed by atoms with Gasteiger partial charge in [0.2, 0.25) is 6.79 Å². The molecular formula is C23H28FN2O13P. The zero-order valence-corrected chi connectivity index (χ0v) is 22.1. The molecule has 40 heavy (non-hydrogen) atoms. The van der Waals surface area contributed by atoms with Crippen LogP contribution in [0.4, 0.5) is 9.18 Å². The first-order chi connectivity index (χ1) is 19.0. The highest BCUT2D eigenvalue weighted by Gasteiger charge is 2.63.